The molecule has 1 nitrogen and oxygen atoms in total. The number of hydrogen-bond acceptors (Lipinski definition) is 1. The van der Waals surface area contributed by atoms with Crippen LogP contribution < -0.4 is 10.9 Å². The molecule has 17 heavy (non-hydrogen) atoms. The quantitative estimate of drug-likeness (QED) is 0.799. The summed E-state index contributed by atoms with van der Waals surface area (Å²) in [4.78, 5) is 0. The van der Waals surface area contributed by atoms with Gasteiger partial charge in [-0.1, -0.05) is 48.0 Å². The predicted molar refractivity (Wildman–Crippen MR) is 74.3 cm³/mol. The van der Waals surface area contributed by atoms with Gasteiger partial charge < -0.3 is 5.02 Å². The molecule has 0 heterocycles. The first-order valence-electron chi connectivity index (χ1n) is 5.44. The van der Waals surface area contributed by atoms with Crippen molar-refractivity contribution in [1.29, 1.82) is 0 Å². The highest BCUT2D eigenvalue weighted by Gasteiger charge is 2.17. The Balaban J connectivity index is 2.36. The zero-order valence-corrected chi connectivity index (χ0v) is 10.4. The van der Waals surface area contributed by atoms with Crippen molar-refractivity contribution in [3.63, 3.8) is 0 Å². The highest BCUT2D eigenvalue weighted by molar-refractivity contribution is 6.79. The second-order valence-corrected chi connectivity index (χ2v) is 4.56. The van der Waals surface area contributed by atoms with Crippen molar-refractivity contribution in [3.05, 3.63) is 65.5 Å². The summed E-state index contributed by atoms with van der Waals surface area (Å²) in [5, 5.41) is 11.0. The molecule has 0 saturated carbocycles. The Labute approximate surface area is 107 Å². The summed E-state index contributed by atoms with van der Waals surface area (Å²) in [5.74, 6) is 0. The lowest BCUT2D eigenvalue weighted by Gasteiger charge is -2.09. The summed E-state index contributed by atoms with van der Waals surface area (Å²) in [7, 11) is 0. The maximum absolute atomic E-state index is 10.3. The van der Waals surface area contributed by atoms with Crippen molar-refractivity contribution in [2.75, 3.05) is 0 Å². The van der Waals surface area contributed by atoms with Crippen LogP contribution in [0.5, 0.6) is 0 Å². The normalized spacial score (nSPS) is 10.4. The molecule has 0 amide bonds. The third kappa shape index (κ3) is 2.71. The van der Waals surface area contributed by atoms with Crippen LogP contribution in [0, 0.1) is 13.8 Å². The first-order chi connectivity index (χ1) is 8.08. The third-order valence-electron chi connectivity index (χ3n) is 2.76. The van der Waals surface area contributed by atoms with Crippen molar-refractivity contribution < 1.29 is 5.02 Å². The Morgan fingerprint density at radius 3 is 2.47 bits per heavy atom. The van der Waals surface area contributed by atoms with E-state index in [0.717, 1.165) is 22.1 Å². The lowest BCUT2D eigenvalue weighted by atomic mass is 9.55. The number of halogens is 1. The highest BCUT2D eigenvalue weighted by atomic mass is 35.5. The number of hydrogen-bond donors (Lipinski definition) is 1. The van der Waals surface area contributed by atoms with Gasteiger partial charge in [0.25, 0.3) is 0 Å². The molecule has 2 rings (SSSR count). The molecule has 0 bridgehead atoms. The fourth-order valence-corrected chi connectivity index (χ4v) is 1.91. The van der Waals surface area contributed by atoms with Crippen molar-refractivity contribution in [3.8, 4) is 0 Å². The van der Waals surface area contributed by atoms with E-state index in [0.29, 0.717) is 5.02 Å². The van der Waals surface area contributed by atoms with Crippen LogP contribution in [0.3, 0.4) is 0 Å². The Morgan fingerprint density at radius 2 is 1.82 bits per heavy atom. The first kappa shape index (κ1) is 12.2. The highest BCUT2D eigenvalue weighted by Crippen LogP contribution is 2.12. The lowest BCUT2D eigenvalue weighted by molar-refractivity contribution is 0.600. The Kier molecular flexibility index (Phi) is 3.56. The van der Waals surface area contributed by atoms with Crippen LogP contribution in [0.4, 0.5) is 0 Å². The molecule has 3 heteroatoms. The van der Waals surface area contributed by atoms with E-state index in [-0.39, 0.29) is 0 Å². The van der Waals surface area contributed by atoms with Crippen LogP contribution in [0.25, 0.3) is 0 Å². The summed E-state index contributed by atoms with van der Waals surface area (Å²) in [5.41, 5.74) is 3.55. The number of rotatable bonds is 2. The van der Waals surface area contributed by atoms with Crippen LogP contribution in [0.1, 0.15) is 11.1 Å². The fourth-order valence-electron chi connectivity index (χ4n) is 1.79. The molecule has 0 saturated heterocycles. The minimum atomic E-state index is -0.632. The molecule has 0 unspecified atom stereocenters. The van der Waals surface area contributed by atoms with E-state index >= 15 is 0 Å². The van der Waals surface area contributed by atoms with Gasteiger partial charge in [0.15, 0.2) is 0 Å². The number of benzene rings is 2. The topological polar surface area (TPSA) is 20.2 Å². The van der Waals surface area contributed by atoms with Gasteiger partial charge in [-0.15, -0.1) is 0 Å². The first-order valence-corrected chi connectivity index (χ1v) is 5.82. The van der Waals surface area contributed by atoms with Crippen molar-refractivity contribution in [1.82, 2.24) is 0 Å². The third-order valence-corrected chi connectivity index (χ3v) is 3.19. The van der Waals surface area contributed by atoms with Crippen LogP contribution in [-0.2, 0) is 0 Å². The maximum Gasteiger partial charge on any atom is 0.358 e. The zero-order valence-electron chi connectivity index (χ0n) is 9.65. The van der Waals surface area contributed by atoms with Gasteiger partial charge in [0, 0.05) is 5.02 Å². The van der Waals surface area contributed by atoms with Crippen molar-refractivity contribution >= 4 is 29.4 Å². The molecule has 1 radical (unpaired) electrons. The summed E-state index contributed by atoms with van der Waals surface area (Å²) in [6.45, 7) is 5.15. The van der Waals surface area contributed by atoms with Crippen molar-refractivity contribution in [2.45, 2.75) is 6.92 Å². The van der Waals surface area contributed by atoms with Gasteiger partial charge in [0.2, 0.25) is 0 Å². The summed E-state index contributed by atoms with van der Waals surface area (Å²) >= 11 is 5.96. The molecule has 0 atom stereocenters. The monoisotopic (exact) mass is 243 g/mol. The maximum atomic E-state index is 10.3. The minimum absolute atomic E-state index is 0.632. The van der Waals surface area contributed by atoms with E-state index in [1.165, 1.54) is 0 Å². The molecule has 2 aromatic rings. The largest absolute Gasteiger partial charge is 0.443 e. The lowest BCUT2D eigenvalue weighted by Crippen LogP contribution is -2.42. The fraction of sp³-hybridized carbons (Fsp3) is 0.0714. The Hall–Kier alpha value is -1.25. The molecule has 0 aliphatic heterocycles. The van der Waals surface area contributed by atoms with E-state index in [4.69, 9.17) is 11.6 Å². The van der Waals surface area contributed by atoms with E-state index in [1.807, 2.05) is 49.4 Å². The van der Waals surface area contributed by atoms with Gasteiger partial charge in [0.05, 0.1) is 0 Å². The van der Waals surface area contributed by atoms with E-state index in [9.17, 15) is 5.02 Å². The molecular formula is C14H13BClO. The molecule has 0 aromatic heterocycles. The summed E-state index contributed by atoms with van der Waals surface area (Å²) < 4.78 is 0. The standard InChI is InChI=1S/C14H13BClO/c1-10-4-3-5-12(8-10)15(17)13-6-7-14(16)11(2)9-13/h3-9,17H,1H2,2H3. The average Bonchev–Trinajstić information content (AvgIpc) is 2.32. The molecule has 85 valence electrons. The van der Waals surface area contributed by atoms with E-state index < -0.39 is 6.92 Å². The molecular weight excluding hydrogens is 230 g/mol. The average molecular weight is 244 g/mol. The minimum Gasteiger partial charge on any atom is -0.443 e. The van der Waals surface area contributed by atoms with Crippen LogP contribution in [0.2, 0.25) is 5.02 Å². The molecule has 0 fully saturated rings. The molecule has 0 aliphatic rings. The molecule has 0 aliphatic carbocycles. The smallest absolute Gasteiger partial charge is 0.358 e. The predicted octanol–water partition coefficient (Wildman–Crippen LogP) is 1.93. The SMILES string of the molecule is [CH2]c1cccc(B(O)c2ccc(Cl)c(C)c2)c1. The van der Waals surface area contributed by atoms with Gasteiger partial charge in [0.1, 0.15) is 0 Å². The molecule has 2 aromatic carbocycles. The molecule has 1 N–H and O–H groups in total. The van der Waals surface area contributed by atoms with Gasteiger partial charge in [-0.2, -0.15) is 0 Å². The van der Waals surface area contributed by atoms with Gasteiger partial charge in [-0.3, -0.25) is 0 Å². The second kappa shape index (κ2) is 4.95. The zero-order chi connectivity index (χ0) is 12.4. The van der Waals surface area contributed by atoms with Crippen molar-refractivity contribution in [2.24, 2.45) is 0 Å². The van der Waals surface area contributed by atoms with Gasteiger partial charge in [-0.25, -0.2) is 0 Å². The summed E-state index contributed by atoms with van der Waals surface area (Å²) in [6.07, 6.45) is 0. The number of aryl methyl sites for hydroxylation is 1. The van der Waals surface area contributed by atoms with Gasteiger partial charge in [-0.05, 0) is 42.0 Å². The van der Waals surface area contributed by atoms with E-state index in [2.05, 4.69) is 6.92 Å². The van der Waals surface area contributed by atoms with Gasteiger partial charge >= 0.3 is 6.92 Å². The van der Waals surface area contributed by atoms with Crippen LogP contribution in [0.15, 0.2) is 42.5 Å². The summed E-state index contributed by atoms with van der Waals surface area (Å²) in [6, 6.07) is 13.1. The molecule has 0 spiro atoms. The van der Waals surface area contributed by atoms with Crippen LogP contribution in [-0.4, -0.2) is 11.9 Å². The van der Waals surface area contributed by atoms with Crippen LogP contribution >= 0.6 is 11.6 Å². The Morgan fingerprint density at radius 1 is 1.12 bits per heavy atom. The Bertz CT molecular complexity index is 539. The van der Waals surface area contributed by atoms with E-state index in [1.54, 1.807) is 0 Å². The second-order valence-electron chi connectivity index (χ2n) is 4.16.